The Morgan fingerprint density at radius 2 is 1.69 bits per heavy atom. The number of para-hydroxylation sites is 1. The summed E-state index contributed by atoms with van der Waals surface area (Å²) in [5, 5.41) is 5.85. The molecule has 2 aromatic rings. The average Bonchev–Trinajstić information content (AvgIpc) is 2.73. The molecule has 0 aliphatic rings. The van der Waals surface area contributed by atoms with Crippen molar-refractivity contribution in [3.63, 3.8) is 0 Å². The Bertz CT molecular complexity index is 820. The van der Waals surface area contributed by atoms with E-state index in [0.717, 1.165) is 23.4 Å². The van der Waals surface area contributed by atoms with Crippen LogP contribution >= 0.6 is 0 Å². The number of hydrogen-bond acceptors (Lipinski definition) is 4. The number of carbonyl (C=O) groups excluding carboxylic acids is 2. The molecule has 0 aliphatic carbocycles. The molecule has 0 aliphatic heterocycles. The molecular formula is C23H31N3O3. The molecule has 6 heteroatoms. The van der Waals surface area contributed by atoms with Gasteiger partial charge in [0.1, 0.15) is 5.75 Å². The van der Waals surface area contributed by atoms with Crippen molar-refractivity contribution >= 4 is 23.2 Å². The zero-order valence-electron chi connectivity index (χ0n) is 17.9. The fourth-order valence-corrected chi connectivity index (χ4v) is 2.94. The largest absolute Gasteiger partial charge is 0.497 e. The minimum atomic E-state index is -0.457. The summed E-state index contributed by atoms with van der Waals surface area (Å²) in [6, 6.07) is 14.5. The minimum Gasteiger partial charge on any atom is -0.497 e. The van der Waals surface area contributed by atoms with Gasteiger partial charge in [0, 0.05) is 11.4 Å². The number of carbonyl (C=O) groups is 2. The number of benzene rings is 2. The number of rotatable bonds is 9. The van der Waals surface area contributed by atoms with Gasteiger partial charge in [0.15, 0.2) is 0 Å². The molecule has 0 radical (unpaired) electrons. The maximum absolute atomic E-state index is 12.7. The van der Waals surface area contributed by atoms with E-state index in [1.165, 1.54) is 0 Å². The minimum absolute atomic E-state index is 0.105. The maximum atomic E-state index is 12.7. The quantitative estimate of drug-likeness (QED) is 0.668. The molecular weight excluding hydrogens is 366 g/mol. The van der Waals surface area contributed by atoms with E-state index in [1.54, 1.807) is 50.2 Å². The highest BCUT2D eigenvalue weighted by Crippen LogP contribution is 2.26. The molecule has 2 amide bonds. The smallest absolute Gasteiger partial charge is 0.241 e. The molecule has 0 spiro atoms. The maximum Gasteiger partial charge on any atom is 0.241 e. The van der Waals surface area contributed by atoms with Crippen LogP contribution in [0.4, 0.5) is 11.4 Å². The third-order valence-electron chi connectivity index (χ3n) is 5.17. The van der Waals surface area contributed by atoms with Crippen LogP contribution in [0.5, 0.6) is 5.75 Å². The Labute approximate surface area is 173 Å². The highest BCUT2D eigenvalue weighted by atomic mass is 16.5. The van der Waals surface area contributed by atoms with Crippen molar-refractivity contribution in [2.45, 2.75) is 39.2 Å². The summed E-state index contributed by atoms with van der Waals surface area (Å²) in [5.41, 5.74) is 2.63. The number of nitrogens with one attached hydrogen (secondary N) is 2. The van der Waals surface area contributed by atoms with Gasteiger partial charge in [0.25, 0.3) is 0 Å². The van der Waals surface area contributed by atoms with Crippen molar-refractivity contribution in [3.8, 4) is 5.75 Å². The van der Waals surface area contributed by atoms with Crippen LogP contribution < -0.4 is 15.4 Å². The SMILES string of the molecule is CC[C@@H](C)c1ccccc1NC(=O)[C@@H](C)N(C)CC(=O)Nc1ccc(OC)cc1. The summed E-state index contributed by atoms with van der Waals surface area (Å²) < 4.78 is 5.11. The molecule has 2 N–H and O–H groups in total. The second-order valence-electron chi connectivity index (χ2n) is 7.25. The van der Waals surface area contributed by atoms with E-state index in [2.05, 4.69) is 24.5 Å². The van der Waals surface area contributed by atoms with Crippen LogP contribution in [0.2, 0.25) is 0 Å². The van der Waals surface area contributed by atoms with Crippen LogP contribution in [0.3, 0.4) is 0 Å². The summed E-state index contributed by atoms with van der Waals surface area (Å²) in [5.74, 6) is 0.760. The summed E-state index contributed by atoms with van der Waals surface area (Å²) in [7, 11) is 3.36. The topological polar surface area (TPSA) is 70.7 Å². The van der Waals surface area contributed by atoms with E-state index >= 15 is 0 Å². The number of ether oxygens (including phenoxy) is 1. The van der Waals surface area contributed by atoms with Gasteiger partial charge in [-0.25, -0.2) is 0 Å². The summed E-state index contributed by atoms with van der Waals surface area (Å²) in [6.07, 6.45) is 0.994. The Morgan fingerprint density at radius 3 is 2.31 bits per heavy atom. The lowest BCUT2D eigenvalue weighted by atomic mass is 9.97. The van der Waals surface area contributed by atoms with Crippen molar-refractivity contribution in [2.75, 3.05) is 31.3 Å². The van der Waals surface area contributed by atoms with Crippen molar-refractivity contribution in [2.24, 2.45) is 0 Å². The van der Waals surface area contributed by atoms with E-state index in [0.29, 0.717) is 11.6 Å². The van der Waals surface area contributed by atoms with E-state index in [1.807, 2.05) is 24.3 Å². The number of nitrogens with zero attached hydrogens (tertiary/aromatic N) is 1. The predicted molar refractivity (Wildman–Crippen MR) is 117 cm³/mol. The molecule has 2 aromatic carbocycles. The van der Waals surface area contributed by atoms with Gasteiger partial charge in [-0.2, -0.15) is 0 Å². The summed E-state index contributed by atoms with van der Waals surface area (Å²) >= 11 is 0. The van der Waals surface area contributed by atoms with E-state index < -0.39 is 6.04 Å². The van der Waals surface area contributed by atoms with Gasteiger partial charge in [0.2, 0.25) is 11.8 Å². The van der Waals surface area contributed by atoms with Gasteiger partial charge >= 0.3 is 0 Å². The lowest BCUT2D eigenvalue weighted by Crippen LogP contribution is -2.43. The number of methoxy groups -OCH3 is 1. The zero-order chi connectivity index (χ0) is 21.4. The monoisotopic (exact) mass is 397 g/mol. The first-order valence-electron chi connectivity index (χ1n) is 9.89. The summed E-state index contributed by atoms with van der Waals surface area (Å²) in [4.78, 5) is 26.8. The highest BCUT2D eigenvalue weighted by molar-refractivity contribution is 5.96. The van der Waals surface area contributed by atoms with Crippen molar-refractivity contribution in [3.05, 3.63) is 54.1 Å². The first-order valence-corrected chi connectivity index (χ1v) is 9.89. The van der Waals surface area contributed by atoms with Gasteiger partial charge in [0.05, 0.1) is 19.7 Å². The fourth-order valence-electron chi connectivity index (χ4n) is 2.94. The fraction of sp³-hybridized carbons (Fsp3) is 0.391. The third kappa shape index (κ3) is 6.32. The van der Waals surface area contributed by atoms with E-state index in [4.69, 9.17) is 4.74 Å². The predicted octanol–water partition coefficient (Wildman–Crippen LogP) is 4.11. The first-order chi connectivity index (χ1) is 13.8. The van der Waals surface area contributed by atoms with Gasteiger partial charge in [-0.05, 0) is 62.2 Å². The highest BCUT2D eigenvalue weighted by Gasteiger charge is 2.21. The molecule has 0 saturated heterocycles. The molecule has 6 nitrogen and oxygen atoms in total. The number of amides is 2. The normalized spacial score (nSPS) is 12.9. The van der Waals surface area contributed by atoms with Crippen LogP contribution in [0.25, 0.3) is 0 Å². The molecule has 0 aromatic heterocycles. The number of hydrogen-bond donors (Lipinski definition) is 2. The van der Waals surface area contributed by atoms with Crippen LogP contribution in [0.1, 0.15) is 38.7 Å². The van der Waals surface area contributed by atoms with Crippen LogP contribution in [-0.4, -0.2) is 43.5 Å². The third-order valence-corrected chi connectivity index (χ3v) is 5.17. The van der Waals surface area contributed by atoms with Crippen molar-refractivity contribution in [1.82, 2.24) is 4.90 Å². The van der Waals surface area contributed by atoms with Crippen LogP contribution in [0, 0.1) is 0 Å². The van der Waals surface area contributed by atoms with Gasteiger partial charge in [-0.1, -0.05) is 32.0 Å². The standard InChI is InChI=1S/C23H31N3O3/c1-6-16(2)20-9-7-8-10-21(20)25-23(28)17(3)26(4)15-22(27)24-18-11-13-19(29-5)14-12-18/h7-14,16-17H,6,15H2,1-5H3,(H,24,27)(H,25,28)/t16-,17-/m1/s1. The first kappa shape index (κ1) is 22.4. The second kappa shape index (κ2) is 10.6. The lowest BCUT2D eigenvalue weighted by Gasteiger charge is -2.24. The molecule has 2 atom stereocenters. The van der Waals surface area contributed by atoms with Gasteiger partial charge in [-0.15, -0.1) is 0 Å². The molecule has 0 unspecified atom stereocenters. The number of likely N-dealkylation sites (N-methyl/N-ethyl adjacent to an activating group) is 1. The second-order valence-corrected chi connectivity index (χ2v) is 7.25. The Morgan fingerprint density at radius 1 is 1.03 bits per heavy atom. The van der Waals surface area contributed by atoms with E-state index in [9.17, 15) is 9.59 Å². The molecule has 29 heavy (non-hydrogen) atoms. The average molecular weight is 398 g/mol. The van der Waals surface area contributed by atoms with Crippen LogP contribution in [0.15, 0.2) is 48.5 Å². The Kier molecular flexibility index (Phi) is 8.21. The molecule has 0 bridgehead atoms. The molecule has 0 saturated carbocycles. The van der Waals surface area contributed by atoms with Crippen molar-refractivity contribution < 1.29 is 14.3 Å². The van der Waals surface area contributed by atoms with Crippen molar-refractivity contribution in [1.29, 1.82) is 0 Å². The van der Waals surface area contributed by atoms with E-state index in [-0.39, 0.29) is 18.4 Å². The lowest BCUT2D eigenvalue weighted by molar-refractivity contribution is -0.122. The number of anilines is 2. The molecule has 156 valence electrons. The molecule has 0 fully saturated rings. The zero-order valence-corrected chi connectivity index (χ0v) is 17.9. The van der Waals surface area contributed by atoms with Crippen LogP contribution in [-0.2, 0) is 9.59 Å². The van der Waals surface area contributed by atoms with Gasteiger partial charge in [-0.3, -0.25) is 14.5 Å². The Hall–Kier alpha value is -2.86. The molecule has 2 rings (SSSR count). The summed E-state index contributed by atoms with van der Waals surface area (Å²) in [6.45, 7) is 6.17. The molecule has 0 heterocycles. The Balaban J connectivity index is 1.94. The van der Waals surface area contributed by atoms with Gasteiger partial charge < -0.3 is 15.4 Å².